The number of hydrogen-bond acceptors (Lipinski definition) is 4. The molecule has 4 aromatic rings. The van der Waals surface area contributed by atoms with E-state index in [0.29, 0.717) is 34.6 Å². The number of Topliss-reactive ketones (excluding diaryl/α,β-unsaturated/α-hetero) is 3. The predicted octanol–water partition coefficient (Wildman–Crippen LogP) is 7.62. The molecule has 3 aromatic carbocycles. The van der Waals surface area contributed by atoms with Crippen LogP contribution in [0.1, 0.15) is 46.0 Å². The molecule has 0 aliphatic heterocycles. The second-order valence-electron chi connectivity index (χ2n) is 9.31. The van der Waals surface area contributed by atoms with Crippen molar-refractivity contribution < 1.29 is 14.4 Å². The van der Waals surface area contributed by atoms with Crippen LogP contribution < -0.4 is 4.90 Å². The first-order chi connectivity index (χ1) is 18.2. The van der Waals surface area contributed by atoms with E-state index in [0.717, 1.165) is 27.5 Å². The van der Waals surface area contributed by atoms with E-state index in [1.165, 1.54) is 6.92 Å². The number of allylic oxidation sites excluding steroid dienone is 2. The lowest BCUT2D eigenvalue weighted by Gasteiger charge is -2.12. The van der Waals surface area contributed by atoms with E-state index in [4.69, 9.17) is 11.6 Å². The molecule has 38 heavy (non-hydrogen) atoms. The monoisotopic (exact) mass is 524 g/mol. The second kappa shape index (κ2) is 11.0. The quantitative estimate of drug-likeness (QED) is 0.0703. The fourth-order valence-electron chi connectivity index (χ4n) is 4.49. The molecule has 0 unspecified atom stereocenters. The molecule has 0 bridgehead atoms. The van der Waals surface area contributed by atoms with Crippen LogP contribution in [0.2, 0.25) is 5.02 Å². The van der Waals surface area contributed by atoms with E-state index in [1.54, 1.807) is 36.6 Å². The van der Waals surface area contributed by atoms with Crippen molar-refractivity contribution in [3.8, 4) is 0 Å². The summed E-state index contributed by atoms with van der Waals surface area (Å²) in [5, 5.41) is 2.07. The van der Waals surface area contributed by atoms with Gasteiger partial charge in [-0.2, -0.15) is 0 Å². The Bertz CT molecular complexity index is 1640. The second-order valence-corrected chi connectivity index (χ2v) is 9.72. The number of benzene rings is 3. The highest BCUT2D eigenvalue weighted by Crippen LogP contribution is 2.35. The summed E-state index contributed by atoms with van der Waals surface area (Å²) < 4.78 is 1.91. The highest BCUT2D eigenvalue weighted by atomic mass is 35.5. The van der Waals surface area contributed by atoms with Gasteiger partial charge in [-0.1, -0.05) is 24.3 Å². The predicted molar refractivity (Wildman–Crippen MR) is 158 cm³/mol. The van der Waals surface area contributed by atoms with Crippen LogP contribution in [0.25, 0.3) is 34.1 Å². The molecule has 5 nitrogen and oxygen atoms in total. The van der Waals surface area contributed by atoms with Crippen LogP contribution >= 0.6 is 11.6 Å². The zero-order chi connectivity index (χ0) is 27.6. The fourth-order valence-corrected chi connectivity index (χ4v) is 4.71. The molecule has 0 spiro atoms. The van der Waals surface area contributed by atoms with Gasteiger partial charge in [0.1, 0.15) is 0 Å². The van der Waals surface area contributed by atoms with E-state index in [2.05, 4.69) is 13.2 Å². The molecule has 0 aliphatic carbocycles. The number of halogens is 1. The summed E-state index contributed by atoms with van der Waals surface area (Å²) in [6.07, 6.45) is 5.95. The van der Waals surface area contributed by atoms with E-state index in [-0.39, 0.29) is 22.9 Å². The van der Waals surface area contributed by atoms with Crippen molar-refractivity contribution in [2.45, 2.75) is 19.8 Å². The molecule has 6 heteroatoms. The largest absolute Gasteiger partial charge is 0.378 e. The molecule has 192 valence electrons. The van der Waals surface area contributed by atoms with E-state index >= 15 is 0 Å². The number of aromatic nitrogens is 1. The number of nitrogens with zero attached hydrogens (tertiary/aromatic N) is 2. The lowest BCUT2D eigenvalue weighted by Crippen LogP contribution is -2.12. The Morgan fingerprint density at radius 2 is 1.58 bits per heavy atom. The number of ketones is 3. The van der Waals surface area contributed by atoms with Gasteiger partial charge < -0.3 is 9.47 Å². The highest BCUT2D eigenvalue weighted by molar-refractivity contribution is 6.35. The number of rotatable bonds is 10. The maximum atomic E-state index is 13.3. The first kappa shape index (κ1) is 26.8. The molecule has 0 saturated heterocycles. The van der Waals surface area contributed by atoms with Gasteiger partial charge in [-0.3, -0.25) is 14.4 Å². The van der Waals surface area contributed by atoms with E-state index < -0.39 is 0 Å². The zero-order valence-electron chi connectivity index (χ0n) is 21.8. The number of carbonyl (C=O) groups excluding carboxylic acids is 3. The summed E-state index contributed by atoms with van der Waals surface area (Å²) in [6, 6.07) is 16.3. The minimum atomic E-state index is -0.373. The zero-order valence-corrected chi connectivity index (χ0v) is 22.5. The van der Waals surface area contributed by atoms with Crippen molar-refractivity contribution in [2.24, 2.45) is 0 Å². The summed E-state index contributed by atoms with van der Waals surface area (Å²) in [5.74, 6) is -0.695. The van der Waals surface area contributed by atoms with Gasteiger partial charge in [-0.05, 0) is 79.6 Å². The Hall–Kier alpha value is -4.22. The lowest BCUT2D eigenvalue weighted by atomic mass is 9.97. The molecule has 0 radical (unpaired) electrons. The Morgan fingerprint density at radius 1 is 0.921 bits per heavy atom. The van der Waals surface area contributed by atoms with Crippen LogP contribution in [-0.2, 0) is 4.79 Å². The normalized spacial score (nSPS) is 11.5. The molecular formula is C32H29ClN2O3. The topological polar surface area (TPSA) is 59.4 Å². The van der Waals surface area contributed by atoms with E-state index in [1.807, 2.05) is 60.0 Å². The van der Waals surface area contributed by atoms with Gasteiger partial charge in [-0.15, -0.1) is 6.58 Å². The molecule has 1 heterocycles. The molecule has 0 aliphatic rings. The van der Waals surface area contributed by atoms with Crippen LogP contribution in [-0.4, -0.2) is 36.0 Å². The molecule has 1 aromatic heterocycles. The lowest BCUT2D eigenvalue weighted by molar-refractivity contribution is -0.113. The number of hydrogen-bond donors (Lipinski definition) is 0. The summed E-state index contributed by atoms with van der Waals surface area (Å²) in [5.41, 5.74) is 4.23. The van der Waals surface area contributed by atoms with Crippen molar-refractivity contribution in [3.05, 3.63) is 101 Å². The van der Waals surface area contributed by atoms with Crippen molar-refractivity contribution >= 4 is 68.7 Å². The molecule has 0 fully saturated rings. The third-order valence-corrected chi connectivity index (χ3v) is 6.90. The Kier molecular flexibility index (Phi) is 7.79. The fraction of sp³-hybridized carbons (Fsp3) is 0.156. The maximum Gasteiger partial charge on any atom is 0.196 e. The molecule has 0 saturated carbocycles. The van der Waals surface area contributed by atoms with Crippen LogP contribution in [0.5, 0.6) is 0 Å². The average Bonchev–Trinajstić information content (AvgIpc) is 3.21. The van der Waals surface area contributed by atoms with Crippen molar-refractivity contribution in [1.82, 2.24) is 4.57 Å². The Morgan fingerprint density at radius 3 is 2.18 bits per heavy atom. The third kappa shape index (κ3) is 5.11. The average molecular weight is 525 g/mol. The molecule has 4 rings (SSSR count). The minimum absolute atomic E-state index is 0.0325. The van der Waals surface area contributed by atoms with Crippen LogP contribution in [0.4, 0.5) is 5.69 Å². The van der Waals surface area contributed by atoms with Gasteiger partial charge in [0.25, 0.3) is 0 Å². The molecule has 0 atom stereocenters. The Labute approximate surface area is 227 Å². The van der Waals surface area contributed by atoms with Gasteiger partial charge in [0.05, 0.1) is 16.6 Å². The summed E-state index contributed by atoms with van der Waals surface area (Å²) in [7, 11) is 3.83. The molecule has 0 amide bonds. The van der Waals surface area contributed by atoms with Crippen molar-refractivity contribution in [3.63, 3.8) is 0 Å². The van der Waals surface area contributed by atoms with Crippen LogP contribution in [0, 0.1) is 0 Å². The van der Waals surface area contributed by atoms with Gasteiger partial charge in [-0.25, -0.2) is 0 Å². The number of fused-ring (bicyclic) bond motifs is 3. The van der Waals surface area contributed by atoms with Crippen LogP contribution in [0.15, 0.2) is 79.4 Å². The highest BCUT2D eigenvalue weighted by Gasteiger charge is 2.19. The number of carbonyl (C=O) groups is 3. The maximum absolute atomic E-state index is 13.3. The van der Waals surface area contributed by atoms with Gasteiger partial charge in [0.2, 0.25) is 0 Å². The van der Waals surface area contributed by atoms with Gasteiger partial charge >= 0.3 is 0 Å². The summed E-state index contributed by atoms with van der Waals surface area (Å²) in [4.78, 5) is 40.5. The smallest absolute Gasteiger partial charge is 0.196 e. The van der Waals surface area contributed by atoms with Crippen molar-refractivity contribution in [1.29, 1.82) is 0 Å². The summed E-state index contributed by atoms with van der Waals surface area (Å²) in [6.45, 7) is 9.00. The molecule has 0 N–H and O–H groups in total. The van der Waals surface area contributed by atoms with Gasteiger partial charge in [0, 0.05) is 59.3 Å². The Balaban J connectivity index is 1.86. The summed E-state index contributed by atoms with van der Waals surface area (Å²) >= 11 is 6.67. The van der Waals surface area contributed by atoms with Gasteiger partial charge in [0.15, 0.2) is 17.3 Å². The van der Waals surface area contributed by atoms with Crippen LogP contribution in [0.3, 0.4) is 0 Å². The minimum Gasteiger partial charge on any atom is -0.378 e. The SMILES string of the molecule is C=CCCC(=O)c1ccc2c(c1)c1cc(/C=C(/C(C)=O)C(=O)c3ccc(N(C)C)cc3)c(Cl)cc1n2C=C. The first-order valence-corrected chi connectivity index (χ1v) is 12.6. The molecular weight excluding hydrogens is 496 g/mol. The third-order valence-electron chi connectivity index (χ3n) is 6.57. The standard InChI is InChI=1S/C32H29ClN2O3/c1-6-8-9-31(37)22-12-15-29-26(16-22)27-18-23(28(33)19-30(27)35(29)7-2)17-25(20(3)36)32(38)21-10-13-24(14-11-21)34(4)5/h6-7,10-19H,1-2,8-9H2,3-5H3/b25-17-. The number of anilines is 1. The first-order valence-electron chi connectivity index (χ1n) is 12.2. The van der Waals surface area contributed by atoms with E-state index in [9.17, 15) is 14.4 Å². The van der Waals surface area contributed by atoms with Crippen molar-refractivity contribution in [2.75, 3.05) is 19.0 Å².